The first-order valence-corrected chi connectivity index (χ1v) is 5.52. The number of unbranched alkanes of at least 4 members (excludes halogenated alkanes) is 2. The minimum absolute atomic E-state index is 0.717. The van der Waals surface area contributed by atoms with E-state index in [0.717, 1.165) is 13.0 Å². The molecule has 0 atom stereocenters. The van der Waals surface area contributed by atoms with Gasteiger partial charge in [0.25, 0.3) is 0 Å². The SMILES string of the molecule is CN(C)CCSCCCCC#N. The molecule has 0 fully saturated rings. The fourth-order valence-electron chi connectivity index (χ4n) is 0.757. The molecule has 2 nitrogen and oxygen atoms in total. The minimum atomic E-state index is 0.717. The Hall–Kier alpha value is -0.200. The monoisotopic (exact) mass is 186 g/mol. The molecule has 0 amide bonds. The Morgan fingerprint density at radius 2 is 2.00 bits per heavy atom. The Kier molecular flexibility index (Phi) is 8.74. The standard InChI is InChI=1S/C9H18N2S/c1-11(2)7-9-12-8-5-3-4-6-10/h3-5,7-9H2,1-2H3. The molecule has 12 heavy (non-hydrogen) atoms. The van der Waals surface area contributed by atoms with Gasteiger partial charge >= 0.3 is 0 Å². The highest BCUT2D eigenvalue weighted by Crippen LogP contribution is 2.05. The largest absolute Gasteiger partial charge is 0.309 e. The number of hydrogen-bond acceptors (Lipinski definition) is 3. The third-order valence-electron chi connectivity index (χ3n) is 1.51. The summed E-state index contributed by atoms with van der Waals surface area (Å²) in [5, 5.41) is 8.28. The van der Waals surface area contributed by atoms with Gasteiger partial charge in [-0.25, -0.2) is 0 Å². The van der Waals surface area contributed by atoms with Gasteiger partial charge in [0.1, 0.15) is 0 Å². The quantitative estimate of drug-likeness (QED) is 0.569. The maximum absolute atomic E-state index is 8.28. The van der Waals surface area contributed by atoms with E-state index in [9.17, 15) is 0 Å². The molecule has 0 aliphatic heterocycles. The van der Waals surface area contributed by atoms with Gasteiger partial charge in [0, 0.05) is 18.7 Å². The summed E-state index contributed by atoms with van der Waals surface area (Å²) in [6, 6.07) is 2.16. The summed E-state index contributed by atoms with van der Waals surface area (Å²) in [7, 11) is 4.19. The Labute approximate surface area is 79.9 Å². The molecule has 0 aliphatic carbocycles. The van der Waals surface area contributed by atoms with Gasteiger partial charge in [-0.05, 0) is 32.7 Å². The second-order valence-electron chi connectivity index (χ2n) is 3.03. The van der Waals surface area contributed by atoms with Gasteiger partial charge in [-0.2, -0.15) is 17.0 Å². The van der Waals surface area contributed by atoms with Crippen molar-refractivity contribution in [3.63, 3.8) is 0 Å². The van der Waals surface area contributed by atoms with E-state index in [2.05, 4.69) is 25.1 Å². The summed E-state index contributed by atoms with van der Waals surface area (Å²) in [5.74, 6) is 2.41. The van der Waals surface area contributed by atoms with Crippen LogP contribution in [0.1, 0.15) is 19.3 Å². The Balaban J connectivity index is 2.87. The van der Waals surface area contributed by atoms with E-state index < -0.39 is 0 Å². The third-order valence-corrected chi connectivity index (χ3v) is 2.56. The van der Waals surface area contributed by atoms with Crippen molar-refractivity contribution >= 4 is 11.8 Å². The van der Waals surface area contributed by atoms with Crippen LogP contribution < -0.4 is 0 Å². The molecule has 0 N–H and O–H groups in total. The molecule has 70 valence electrons. The summed E-state index contributed by atoms with van der Waals surface area (Å²) in [5.41, 5.74) is 0. The summed E-state index contributed by atoms with van der Waals surface area (Å²) in [4.78, 5) is 2.20. The van der Waals surface area contributed by atoms with Gasteiger partial charge in [0.05, 0.1) is 6.07 Å². The molecule has 0 aromatic carbocycles. The molecule has 0 saturated heterocycles. The second-order valence-corrected chi connectivity index (χ2v) is 4.26. The number of rotatable bonds is 7. The number of nitrogens with zero attached hydrogens (tertiary/aromatic N) is 2. The first-order chi connectivity index (χ1) is 5.77. The molecular weight excluding hydrogens is 168 g/mol. The molecule has 0 saturated carbocycles. The van der Waals surface area contributed by atoms with Crippen molar-refractivity contribution in [1.82, 2.24) is 4.90 Å². The van der Waals surface area contributed by atoms with Crippen LogP contribution in [0.2, 0.25) is 0 Å². The summed E-state index contributed by atoms with van der Waals surface area (Å²) < 4.78 is 0. The molecule has 0 rings (SSSR count). The van der Waals surface area contributed by atoms with Crippen molar-refractivity contribution in [2.75, 3.05) is 32.1 Å². The second kappa shape index (κ2) is 8.89. The summed E-state index contributed by atoms with van der Waals surface area (Å²) in [6.45, 7) is 1.16. The maximum Gasteiger partial charge on any atom is 0.0621 e. The van der Waals surface area contributed by atoms with E-state index >= 15 is 0 Å². The van der Waals surface area contributed by atoms with E-state index in [-0.39, 0.29) is 0 Å². The zero-order valence-electron chi connectivity index (χ0n) is 8.05. The fraction of sp³-hybridized carbons (Fsp3) is 0.889. The maximum atomic E-state index is 8.28. The van der Waals surface area contributed by atoms with Crippen LogP contribution in [0.4, 0.5) is 0 Å². The van der Waals surface area contributed by atoms with Gasteiger partial charge in [-0.15, -0.1) is 0 Å². The number of nitriles is 1. The number of hydrogen-bond donors (Lipinski definition) is 0. The predicted octanol–water partition coefficient (Wildman–Crippen LogP) is 1.98. The molecular formula is C9H18N2S. The smallest absolute Gasteiger partial charge is 0.0621 e. The lowest BCUT2D eigenvalue weighted by Gasteiger charge is -2.07. The molecule has 0 aliphatic rings. The molecule has 0 radical (unpaired) electrons. The highest BCUT2D eigenvalue weighted by atomic mass is 32.2. The molecule has 0 spiro atoms. The number of thioether (sulfide) groups is 1. The van der Waals surface area contributed by atoms with Crippen LogP contribution in [0, 0.1) is 11.3 Å². The van der Waals surface area contributed by atoms with Gasteiger partial charge in [-0.3, -0.25) is 0 Å². The van der Waals surface area contributed by atoms with E-state index in [1.54, 1.807) is 0 Å². The minimum Gasteiger partial charge on any atom is -0.309 e. The lowest BCUT2D eigenvalue weighted by atomic mass is 10.3. The third kappa shape index (κ3) is 9.80. The van der Waals surface area contributed by atoms with Crippen LogP contribution in [0.5, 0.6) is 0 Å². The highest BCUT2D eigenvalue weighted by molar-refractivity contribution is 7.99. The van der Waals surface area contributed by atoms with Crippen molar-refractivity contribution in [2.45, 2.75) is 19.3 Å². The van der Waals surface area contributed by atoms with Gasteiger partial charge < -0.3 is 4.90 Å². The van der Waals surface area contributed by atoms with Crippen molar-refractivity contribution in [1.29, 1.82) is 5.26 Å². The molecule has 0 bridgehead atoms. The van der Waals surface area contributed by atoms with Crippen LogP contribution in [0.25, 0.3) is 0 Å². The average Bonchev–Trinajstić information content (AvgIpc) is 2.02. The lowest BCUT2D eigenvalue weighted by molar-refractivity contribution is 0.437. The molecule has 0 aromatic rings. The fourth-order valence-corrected chi connectivity index (χ4v) is 1.86. The van der Waals surface area contributed by atoms with E-state index in [1.165, 1.54) is 17.9 Å². The zero-order valence-corrected chi connectivity index (χ0v) is 8.86. The highest BCUT2D eigenvalue weighted by Gasteiger charge is 1.91. The molecule has 0 heterocycles. The van der Waals surface area contributed by atoms with Gasteiger partial charge in [-0.1, -0.05) is 0 Å². The van der Waals surface area contributed by atoms with Gasteiger partial charge in [0.15, 0.2) is 0 Å². The average molecular weight is 186 g/mol. The van der Waals surface area contributed by atoms with Crippen molar-refractivity contribution < 1.29 is 0 Å². The van der Waals surface area contributed by atoms with Crippen molar-refractivity contribution in [3.05, 3.63) is 0 Å². The molecule has 0 aromatic heterocycles. The summed E-state index contributed by atoms with van der Waals surface area (Å²) >= 11 is 1.98. The van der Waals surface area contributed by atoms with Crippen LogP contribution in [0.15, 0.2) is 0 Å². The van der Waals surface area contributed by atoms with Crippen LogP contribution in [0.3, 0.4) is 0 Å². The normalized spacial score (nSPS) is 10.2. The van der Waals surface area contributed by atoms with Crippen LogP contribution in [-0.2, 0) is 0 Å². The first kappa shape index (κ1) is 11.8. The first-order valence-electron chi connectivity index (χ1n) is 4.37. The Bertz CT molecular complexity index is 129. The van der Waals surface area contributed by atoms with Gasteiger partial charge in [0.2, 0.25) is 0 Å². The molecule has 0 unspecified atom stereocenters. The summed E-state index contributed by atoms with van der Waals surface area (Å²) in [6.07, 6.45) is 2.96. The predicted molar refractivity (Wildman–Crippen MR) is 55.3 cm³/mol. The van der Waals surface area contributed by atoms with E-state index in [1.807, 2.05) is 11.8 Å². The van der Waals surface area contributed by atoms with Crippen LogP contribution >= 0.6 is 11.8 Å². The molecule has 3 heteroatoms. The van der Waals surface area contributed by atoms with Crippen molar-refractivity contribution in [2.24, 2.45) is 0 Å². The van der Waals surface area contributed by atoms with E-state index in [4.69, 9.17) is 5.26 Å². The zero-order chi connectivity index (χ0) is 9.23. The van der Waals surface area contributed by atoms with E-state index in [0.29, 0.717) is 6.42 Å². The van der Waals surface area contributed by atoms with Crippen molar-refractivity contribution in [3.8, 4) is 6.07 Å². The topological polar surface area (TPSA) is 27.0 Å². The van der Waals surface area contributed by atoms with Crippen LogP contribution in [-0.4, -0.2) is 37.0 Å². The Morgan fingerprint density at radius 3 is 2.58 bits per heavy atom. The lowest BCUT2D eigenvalue weighted by Crippen LogP contribution is -2.14. The Morgan fingerprint density at radius 1 is 1.25 bits per heavy atom.